The maximum absolute atomic E-state index is 2.42. The Morgan fingerprint density at radius 1 is 0.944 bits per heavy atom. The average molecular weight is 250 g/mol. The smallest absolute Gasteiger partial charge is 0.0318 e. The summed E-state index contributed by atoms with van der Waals surface area (Å²) in [6.07, 6.45) is 13.8. The van der Waals surface area contributed by atoms with E-state index in [1.807, 2.05) is 0 Å². The number of hydrogen-bond acceptors (Lipinski definition) is 0. The van der Waals surface area contributed by atoms with Crippen molar-refractivity contribution in [2.75, 3.05) is 0 Å². The van der Waals surface area contributed by atoms with Crippen LogP contribution in [0.5, 0.6) is 0 Å². The summed E-state index contributed by atoms with van der Waals surface area (Å²) in [5.41, 5.74) is 3.52. The Kier molecular flexibility index (Phi) is 9.14. The summed E-state index contributed by atoms with van der Waals surface area (Å²) in [6.45, 7) is 13.7. The molecule has 0 heteroatoms. The number of rotatable bonds is 9. The van der Waals surface area contributed by atoms with Gasteiger partial charge in [0.2, 0.25) is 0 Å². The molecule has 0 N–H and O–H groups in total. The third kappa shape index (κ3) is 10.6. The lowest BCUT2D eigenvalue weighted by atomic mass is 9.81. The van der Waals surface area contributed by atoms with Gasteiger partial charge in [-0.2, -0.15) is 0 Å². The topological polar surface area (TPSA) is 0 Å². The molecule has 0 aromatic rings. The SMILES string of the molecule is CCCC=C(C)CCC(C)(C)CCCC=C(C)C. The van der Waals surface area contributed by atoms with E-state index >= 15 is 0 Å². The Hall–Kier alpha value is -0.520. The second-order valence-electron chi connectivity index (χ2n) is 6.68. The van der Waals surface area contributed by atoms with E-state index in [0.717, 1.165) is 0 Å². The van der Waals surface area contributed by atoms with Crippen LogP contribution < -0.4 is 0 Å². The first-order chi connectivity index (χ1) is 8.37. The van der Waals surface area contributed by atoms with Crippen LogP contribution in [0.1, 0.15) is 86.5 Å². The van der Waals surface area contributed by atoms with Crippen LogP contribution in [0.3, 0.4) is 0 Å². The lowest BCUT2D eigenvalue weighted by molar-refractivity contribution is 0.300. The van der Waals surface area contributed by atoms with Gasteiger partial charge in [0.05, 0.1) is 0 Å². The van der Waals surface area contributed by atoms with E-state index in [-0.39, 0.29) is 0 Å². The van der Waals surface area contributed by atoms with E-state index in [4.69, 9.17) is 0 Å². The molecule has 0 aliphatic carbocycles. The van der Waals surface area contributed by atoms with Crippen molar-refractivity contribution in [2.24, 2.45) is 5.41 Å². The van der Waals surface area contributed by atoms with Gasteiger partial charge in [-0.1, -0.05) is 50.5 Å². The molecule has 18 heavy (non-hydrogen) atoms. The van der Waals surface area contributed by atoms with Gasteiger partial charge in [0, 0.05) is 0 Å². The van der Waals surface area contributed by atoms with E-state index in [2.05, 4.69) is 53.7 Å². The van der Waals surface area contributed by atoms with Crippen LogP contribution in [0.4, 0.5) is 0 Å². The first kappa shape index (κ1) is 17.5. The Labute approximate surface area is 116 Å². The van der Waals surface area contributed by atoms with Crippen molar-refractivity contribution in [3.8, 4) is 0 Å². The predicted octanol–water partition coefficient (Wildman–Crippen LogP) is 6.68. The highest BCUT2D eigenvalue weighted by Gasteiger charge is 2.16. The minimum Gasteiger partial charge on any atom is -0.0859 e. The van der Waals surface area contributed by atoms with E-state index in [1.54, 1.807) is 5.57 Å². The van der Waals surface area contributed by atoms with Crippen molar-refractivity contribution >= 4 is 0 Å². The van der Waals surface area contributed by atoms with Crippen molar-refractivity contribution in [3.05, 3.63) is 23.3 Å². The summed E-state index contributed by atoms with van der Waals surface area (Å²) in [5.74, 6) is 0. The van der Waals surface area contributed by atoms with Crippen molar-refractivity contribution in [3.63, 3.8) is 0 Å². The van der Waals surface area contributed by atoms with Crippen LogP contribution in [-0.4, -0.2) is 0 Å². The Morgan fingerprint density at radius 3 is 2.17 bits per heavy atom. The van der Waals surface area contributed by atoms with Crippen molar-refractivity contribution < 1.29 is 0 Å². The molecule has 0 heterocycles. The molecule has 0 aliphatic rings. The van der Waals surface area contributed by atoms with Crippen LogP contribution >= 0.6 is 0 Å². The summed E-state index contributed by atoms with van der Waals surface area (Å²) in [5, 5.41) is 0. The lowest BCUT2D eigenvalue weighted by Gasteiger charge is -2.24. The van der Waals surface area contributed by atoms with Crippen molar-refractivity contribution in [2.45, 2.75) is 86.5 Å². The molecule has 0 saturated carbocycles. The third-order valence-corrected chi connectivity index (χ3v) is 3.59. The molecule has 106 valence electrons. The molecule has 0 saturated heterocycles. The maximum Gasteiger partial charge on any atom is -0.0318 e. The summed E-state index contributed by atoms with van der Waals surface area (Å²) < 4.78 is 0. The quantitative estimate of drug-likeness (QED) is 0.316. The van der Waals surface area contributed by atoms with E-state index in [0.29, 0.717) is 5.41 Å². The molecule has 0 fully saturated rings. The maximum atomic E-state index is 2.42. The Balaban J connectivity index is 3.89. The van der Waals surface area contributed by atoms with E-state index < -0.39 is 0 Å². The van der Waals surface area contributed by atoms with E-state index in [9.17, 15) is 0 Å². The summed E-state index contributed by atoms with van der Waals surface area (Å²) in [6, 6.07) is 0. The highest BCUT2D eigenvalue weighted by molar-refractivity contribution is 4.98. The summed E-state index contributed by atoms with van der Waals surface area (Å²) in [7, 11) is 0. The fraction of sp³-hybridized carbons (Fsp3) is 0.778. The normalized spacial score (nSPS) is 12.7. The van der Waals surface area contributed by atoms with Crippen molar-refractivity contribution in [1.29, 1.82) is 0 Å². The van der Waals surface area contributed by atoms with Crippen molar-refractivity contribution in [1.82, 2.24) is 0 Å². The molecule has 0 aliphatic heterocycles. The van der Waals surface area contributed by atoms with Gasteiger partial charge in [0.25, 0.3) is 0 Å². The van der Waals surface area contributed by atoms with Gasteiger partial charge in [-0.3, -0.25) is 0 Å². The fourth-order valence-electron chi connectivity index (χ4n) is 2.12. The lowest BCUT2D eigenvalue weighted by Crippen LogP contribution is -2.11. The van der Waals surface area contributed by atoms with Gasteiger partial charge in [0.15, 0.2) is 0 Å². The molecule has 0 atom stereocenters. The van der Waals surface area contributed by atoms with Crippen LogP contribution in [0.2, 0.25) is 0 Å². The minimum absolute atomic E-state index is 0.497. The van der Waals surface area contributed by atoms with Gasteiger partial charge in [-0.15, -0.1) is 0 Å². The van der Waals surface area contributed by atoms with Gasteiger partial charge in [-0.05, 0) is 64.7 Å². The molecule has 0 amide bonds. The van der Waals surface area contributed by atoms with Crippen LogP contribution in [0.25, 0.3) is 0 Å². The highest BCUT2D eigenvalue weighted by Crippen LogP contribution is 2.30. The second kappa shape index (κ2) is 9.42. The summed E-state index contributed by atoms with van der Waals surface area (Å²) in [4.78, 5) is 0. The first-order valence-corrected chi connectivity index (χ1v) is 7.66. The van der Waals surface area contributed by atoms with Crippen LogP contribution in [0.15, 0.2) is 23.3 Å². The monoisotopic (exact) mass is 250 g/mol. The molecule has 0 aromatic heterocycles. The second-order valence-corrected chi connectivity index (χ2v) is 6.68. The fourth-order valence-corrected chi connectivity index (χ4v) is 2.12. The Bertz CT molecular complexity index is 262. The summed E-state index contributed by atoms with van der Waals surface area (Å²) >= 11 is 0. The predicted molar refractivity (Wildman–Crippen MR) is 85.0 cm³/mol. The van der Waals surface area contributed by atoms with Gasteiger partial charge < -0.3 is 0 Å². The molecule has 0 unspecified atom stereocenters. The number of unbranched alkanes of at least 4 members (excludes halogenated alkanes) is 2. The van der Waals surface area contributed by atoms with Gasteiger partial charge >= 0.3 is 0 Å². The Morgan fingerprint density at radius 2 is 1.61 bits per heavy atom. The van der Waals surface area contributed by atoms with Crippen LogP contribution in [0, 0.1) is 5.41 Å². The molecule has 0 bridgehead atoms. The molecule has 0 aromatic carbocycles. The van der Waals surface area contributed by atoms with Gasteiger partial charge in [0.1, 0.15) is 0 Å². The third-order valence-electron chi connectivity index (χ3n) is 3.59. The number of hydrogen-bond donors (Lipinski definition) is 0. The molecule has 0 nitrogen and oxygen atoms in total. The van der Waals surface area contributed by atoms with E-state index in [1.165, 1.54) is 50.5 Å². The minimum atomic E-state index is 0.497. The zero-order valence-corrected chi connectivity index (χ0v) is 13.6. The largest absolute Gasteiger partial charge is 0.0859 e. The van der Waals surface area contributed by atoms with Crippen LogP contribution in [-0.2, 0) is 0 Å². The average Bonchev–Trinajstić information content (AvgIpc) is 2.29. The first-order valence-electron chi connectivity index (χ1n) is 7.66. The molecule has 0 radical (unpaired) electrons. The molecular formula is C18H34. The van der Waals surface area contributed by atoms with Gasteiger partial charge in [-0.25, -0.2) is 0 Å². The number of allylic oxidation sites excluding steroid dienone is 4. The molecule has 0 spiro atoms. The highest BCUT2D eigenvalue weighted by atomic mass is 14.2. The zero-order valence-electron chi connectivity index (χ0n) is 13.6. The molecular weight excluding hydrogens is 216 g/mol. The zero-order chi connectivity index (χ0) is 14.0. The standard InChI is InChI=1S/C18H34/c1-7-8-12-17(4)13-15-18(5,6)14-10-9-11-16(2)3/h11-12H,7-10,13-15H2,1-6H3. The molecule has 0 rings (SSSR count).